The molecule has 0 amide bonds. The quantitative estimate of drug-likeness (QED) is 0.915. The first-order valence-corrected chi connectivity index (χ1v) is 9.22. The van der Waals surface area contributed by atoms with Gasteiger partial charge in [-0.2, -0.15) is 9.47 Å². The zero-order chi connectivity index (χ0) is 16.5. The van der Waals surface area contributed by atoms with Crippen molar-refractivity contribution in [3.05, 3.63) is 33.5 Å². The van der Waals surface area contributed by atoms with Gasteiger partial charge in [-0.1, -0.05) is 0 Å². The molecule has 0 spiro atoms. The second-order valence-corrected chi connectivity index (χ2v) is 7.25. The standard InChI is InChI=1S/C16H21N5O2S/c1-10-17-16(24-20-10)18-12-2-4-13(5-3-12)21-15(22)8-11-9-23-7-6-14(11)19-21/h8,12-13H,2-7,9H2,1H3,(H,17,18,20). The van der Waals surface area contributed by atoms with Crippen molar-refractivity contribution < 1.29 is 4.74 Å². The molecule has 128 valence electrons. The van der Waals surface area contributed by atoms with Crippen molar-refractivity contribution in [2.75, 3.05) is 11.9 Å². The topological polar surface area (TPSA) is 81.9 Å². The van der Waals surface area contributed by atoms with E-state index in [9.17, 15) is 4.79 Å². The summed E-state index contributed by atoms with van der Waals surface area (Å²) >= 11 is 1.41. The van der Waals surface area contributed by atoms with Gasteiger partial charge in [-0.25, -0.2) is 9.67 Å². The Labute approximate surface area is 144 Å². The summed E-state index contributed by atoms with van der Waals surface area (Å²) in [5, 5.41) is 8.98. The first-order chi connectivity index (χ1) is 11.7. The molecular formula is C16H21N5O2S. The van der Waals surface area contributed by atoms with Crippen LogP contribution in [0.2, 0.25) is 0 Å². The molecule has 1 fully saturated rings. The first kappa shape index (κ1) is 15.7. The molecule has 3 heterocycles. The largest absolute Gasteiger partial charge is 0.376 e. The molecule has 0 radical (unpaired) electrons. The van der Waals surface area contributed by atoms with Crippen LogP contribution in [0.5, 0.6) is 0 Å². The molecule has 1 N–H and O–H groups in total. The summed E-state index contributed by atoms with van der Waals surface area (Å²) < 4.78 is 11.3. The molecule has 2 aromatic rings. The Hall–Kier alpha value is -1.80. The molecule has 0 bridgehead atoms. The van der Waals surface area contributed by atoms with Gasteiger partial charge < -0.3 is 10.1 Å². The molecule has 2 aliphatic rings. The summed E-state index contributed by atoms with van der Waals surface area (Å²) in [5.41, 5.74) is 1.96. The SMILES string of the molecule is Cc1nsc(NC2CCC(n3nc4c(cc3=O)COCC4)CC2)n1. The number of nitrogens with zero attached hydrogens (tertiary/aromatic N) is 4. The Morgan fingerprint density at radius 1 is 1.33 bits per heavy atom. The minimum atomic E-state index is -0.00425. The van der Waals surface area contributed by atoms with Crippen molar-refractivity contribution in [1.29, 1.82) is 0 Å². The molecule has 0 unspecified atom stereocenters. The highest BCUT2D eigenvalue weighted by atomic mass is 32.1. The number of aromatic nitrogens is 4. The Morgan fingerprint density at radius 2 is 2.17 bits per heavy atom. The second-order valence-electron chi connectivity index (χ2n) is 6.50. The Balaban J connectivity index is 1.43. The van der Waals surface area contributed by atoms with Crippen molar-refractivity contribution in [1.82, 2.24) is 19.1 Å². The molecule has 1 aliphatic heterocycles. The van der Waals surface area contributed by atoms with Crippen LogP contribution in [-0.2, 0) is 17.8 Å². The van der Waals surface area contributed by atoms with Gasteiger partial charge in [0.05, 0.1) is 24.9 Å². The fourth-order valence-electron chi connectivity index (χ4n) is 3.49. The van der Waals surface area contributed by atoms with Gasteiger partial charge in [0.15, 0.2) is 0 Å². The highest BCUT2D eigenvalue weighted by Gasteiger charge is 2.25. The van der Waals surface area contributed by atoms with Crippen LogP contribution in [0.4, 0.5) is 5.13 Å². The van der Waals surface area contributed by atoms with E-state index in [2.05, 4.69) is 19.8 Å². The molecular weight excluding hydrogens is 326 g/mol. The fourth-order valence-corrected chi connectivity index (χ4v) is 4.14. The third-order valence-electron chi connectivity index (χ3n) is 4.76. The van der Waals surface area contributed by atoms with E-state index in [1.165, 1.54) is 11.5 Å². The van der Waals surface area contributed by atoms with E-state index in [0.29, 0.717) is 19.3 Å². The zero-order valence-corrected chi connectivity index (χ0v) is 14.5. The maximum absolute atomic E-state index is 12.4. The summed E-state index contributed by atoms with van der Waals surface area (Å²) in [6.07, 6.45) is 4.73. The number of nitrogens with one attached hydrogen (secondary N) is 1. The van der Waals surface area contributed by atoms with Gasteiger partial charge in [-0.15, -0.1) is 0 Å². The molecule has 1 aliphatic carbocycles. The predicted molar refractivity (Wildman–Crippen MR) is 91.4 cm³/mol. The van der Waals surface area contributed by atoms with Gasteiger partial charge in [-0.3, -0.25) is 4.79 Å². The molecule has 4 rings (SSSR count). The lowest BCUT2D eigenvalue weighted by molar-refractivity contribution is 0.107. The van der Waals surface area contributed by atoms with E-state index in [-0.39, 0.29) is 11.6 Å². The summed E-state index contributed by atoms with van der Waals surface area (Å²) in [7, 11) is 0. The van der Waals surface area contributed by atoms with Gasteiger partial charge in [0.2, 0.25) is 5.13 Å². The average Bonchev–Trinajstić information content (AvgIpc) is 3.00. The summed E-state index contributed by atoms with van der Waals surface area (Å²) in [4.78, 5) is 16.7. The van der Waals surface area contributed by atoms with Crippen molar-refractivity contribution in [3.63, 3.8) is 0 Å². The van der Waals surface area contributed by atoms with Crippen LogP contribution in [0.15, 0.2) is 10.9 Å². The molecule has 0 aromatic carbocycles. The van der Waals surface area contributed by atoms with Gasteiger partial charge in [0.1, 0.15) is 5.82 Å². The third kappa shape index (κ3) is 3.21. The second kappa shape index (κ2) is 6.60. The molecule has 24 heavy (non-hydrogen) atoms. The van der Waals surface area contributed by atoms with Gasteiger partial charge in [0, 0.05) is 35.6 Å². The Morgan fingerprint density at radius 3 is 2.92 bits per heavy atom. The van der Waals surface area contributed by atoms with Gasteiger partial charge >= 0.3 is 0 Å². The molecule has 7 nitrogen and oxygen atoms in total. The van der Waals surface area contributed by atoms with Crippen molar-refractivity contribution in [3.8, 4) is 0 Å². The molecule has 0 saturated heterocycles. The smallest absolute Gasteiger partial charge is 0.267 e. The van der Waals surface area contributed by atoms with E-state index >= 15 is 0 Å². The maximum Gasteiger partial charge on any atom is 0.267 e. The molecule has 0 atom stereocenters. The zero-order valence-electron chi connectivity index (χ0n) is 13.7. The van der Waals surface area contributed by atoms with Crippen molar-refractivity contribution >= 4 is 16.7 Å². The average molecular weight is 347 g/mol. The highest BCUT2D eigenvalue weighted by Crippen LogP contribution is 2.29. The van der Waals surface area contributed by atoms with Gasteiger partial charge in [-0.05, 0) is 32.6 Å². The number of fused-ring (bicyclic) bond motifs is 1. The van der Waals surface area contributed by atoms with E-state index in [0.717, 1.165) is 54.3 Å². The van der Waals surface area contributed by atoms with Crippen molar-refractivity contribution in [2.24, 2.45) is 0 Å². The van der Waals surface area contributed by atoms with E-state index < -0.39 is 0 Å². The Bertz CT molecular complexity index is 779. The van der Waals surface area contributed by atoms with Crippen LogP contribution in [-0.4, -0.2) is 31.8 Å². The number of rotatable bonds is 3. The van der Waals surface area contributed by atoms with Crippen LogP contribution >= 0.6 is 11.5 Å². The minimum absolute atomic E-state index is 0.00425. The van der Waals surface area contributed by atoms with Crippen LogP contribution in [0.3, 0.4) is 0 Å². The lowest BCUT2D eigenvalue weighted by Crippen LogP contribution is -2.35. The summed E-state index contributed by atoms with van der Waals surface area (Å²) in [5.74, 6) is 0.810. The Kier molecular flexibility index (Phi) is 4.32. The molecule has 1 saturated carbocycles. The summed E-state index contributed by atoms with van der Waals surface area (Å²) in [6.45, 7) is 3.10. The maximum atomic E-state index is 12.4. The molecule has 2 aromatic heterocycles. The van der Waals surface area contributed by atoms with Crippen molar-refractivity contribution in [2.45, 2.75) is 57.7 Å². The first-order valence-electron chi connectivity index (χ1n) is 8.45. The monoisotopic (exact) mass is 347 g/mol. The summed E-state index contributed by atoms with van der Waals surface area (Å²) in [6, 6.07) is 2.30. The lowest BCUT2D eigenvalue weighted by atomic mass is 9.91. The number of aryl methyl sites for hydroxylation is 1. The van der Waals surface area contributed by atoms with Crippen LogP contribution < -0.4 is 10.9 Å². The number of hydrogen-bond donors (Lipinski definition) is 1. The fraction of sp³-hybridized carbons (Fsp3) is 0.625. The number of anilines is 1. The highest BCUT2D eigenvalue weighted by molar-refractivity contribution is 7.09. The lowest BCUT2D eigenvalue weighted by Gasteiger charge is -2.30. The van der Waals surface area contributed by atoms with Crippen LogP contribution in [0.25, 0.3) is 0 Å². The van der Waals surface area contributed by atoms with E-state index in [4.69, 9.17) is 4.74 Å². The number of hydrogen-bond acceptors (Lipinski definition) is 7. The van der Waals surface area contributed by atoms with E-state index in [1.807, 2.05) is 6.92 Å². The third-order valence-corrected chi connectivity index (χ3v) is 5.50. The van der Waals surface area contributed by atoms with E-state index in [1.54, 1.807) is 10.7 Å². The predicted octanol–water partition coefficient (Wildman–Crippen LogP) is 2.07. The number of ether oxygens (including phenoxy) is 1. The van der Waals surface area contributed by atoms with Gasteiger partial charge in [0.25, 0.3) is 5.56 Å². The molecule has 8 heteroatoms. The normalized spacial score (nSPS) is 23.7. The minimum Gasteiger partial charge on any atom is -0.376 e. The van der Waals surface area contributed by atoms with Crippen LogP contribution in [0, 0.1) is 6.92 Å². The van der Waals surface area contributed by atoms with Crippen LogP contribution in [0.1, 0.15) is 48.8 Å².